The highest BCUT2D eigenvalue weighted by atomic mass is 32.2. The zero-order valence-corrected chi connectivity index (χ0v) is 15.8. The quantitative estimate of drug-likeness (QED) is 0.805. The van der Waals surface area contributed by atoms with Gasteiger partial charge in [-0.05, 0) is 45.9 Å². The number of anilines is 1. The Morgan fingerprint density at radius 1 is 1.38 bits per heavy atom. The predicted octanol–water partition coefficient (Wildman–Crippen LogP) is 1.15. The number of rotatable bonds is 5. The van der Waals surface area contributed by atoms with Gasteiger partial charge in [0.05, 0.1) is 16.6 Å². The Kier molecular flexibility index (Phi) is 4.72. The number of aryl methyl sites for hydroxylation is 2. The van der Waals surface area contributed by atoms with Crippen LogP contribution in [-0.4, -0.2) is 41.7 Å². The van der Waals surface area contributed by atoms with Crippen LogP contribution in [0.5, 0.6) is 5.75 Å². The van der Waals surface area contributed by atoms with Gasteiger partial charge < -0.3 is 10.1 Å². The molecule has 26 heavy (non-hydrogen) atoms. The summed E-state index contributed by atoms with van der Waals surface area (Å²) in [4.78, 5) is 16.0. The van der Waals surface area contributed by atoms with E-state index < -0.39 is 16.1 Å². The van der Waals surface area contributed by atoms with Gasteiger partial charge in [0.15, 0.2) is 6.10 Å². The van der Waals surface area contributed by atoms with E-state index in [4.69, 9.17) is 4.74 Å². The van der Waals surface area contributed by atoms with Gasteiger partial charge in [0.2, 0.25) is 10.0 Å². The molecule has 0 bridgehead atoms. The fourth-order valence-corrected chi connectivity index (χ4v) is 3.86. The molecule has 0 spiro atoms. The highest BCUT2D eigenvalue weighted by molar-refractivity contribution is 7.89. The number of amides is 1. The Morgan fingerprint density at radius 3 is 2.77 bits per heavy atom. The maximum absolute atomic E-state index is 12.6. The summed E-state index contributed by atoms with van der Waals surface area (Å²) in [5, 5.41) is 6.91. The molecule has 1 aliphatic rings. The van der Waals surface area contributed by atoms with E-state index in [1.807, 2.05) is 13.8 Å². The summed E-state index contributed by atoms with van der Waals surface area (Å²) in [6, 6.07) is 4.17. The van der Waals surface area contributed by atoms with Gasteiger partial charge in [-0.3, -0.25) is 4.79 Å². The van der Waals surface area contributed by atoms with E-state index in [-0.39, 0.29) is 23.4 Å². The third kappa shape index (κ3) is 3.56. The smallest absolute Gasteiger partial charge is 0.265 e. The van der Waals surface area contributed by atoms with E-state index in [0.29, 0.717) is 17.3 Å². The van der Waals surface area contributed by atoms with Crippen molar-refractivity contribution in [2.45, 2.75) is 44.7 Å². The molecule has 3 rings (SSSR count). The van der Waals surface area contributed by atoms with Crippen molar-refractivity contribution in [2.75, 3.05) is 11.9 Å². The van der Waals surface area contributed by atoms with Crippen molar-refractivity contribution in [3.05, 3.63) is 29.8 Å². The standard InChI is InChI=1S/C16H21N5O4S/c1-9(21-12(4)18-11(3)20-21)8-17-26(23,24)13-5-6-15-14(7-13)19-16(22)10(2)25-15/h5-7,9-10,17H,8H2,1-4H3,(H,19,22)/t9-,10+/m0/s1. The lowest BCUT2D eigenvalue weighted by Crippen LogP contribution is -2.35. The van der Waals surface area contributed by atoms with Crippen LogP contribution in [0.1, 0.15) is 31.5 Å². The minimum absolute atomic E-state index is 0.0494. The van der Waals surface area contributed by atoms with Crippen molar-refractivity contribution in [2.24, 2.45) is 0 Å². The monoisotopic (exact) mass is 379 g/mol. The van der Waals surface area contributed by atoms with Crippen LogP contribution in [0.15, 0.2) is 23.1 Å². The Labute approximate surface area is 151 Å². The molecule has 1 aromatic heterocycles. The van der Waals surface area contributed by atoms with E-state index in [2.05, 4.69) is 20.1 Å². The summed E-state index contributed by atoms with van der Waals surface area (Å²) in [7, 11) is -3.75. The number of hydrogen-bond donors (Lipinski definition) is 2. The molecule has 10 heteroatoms. The van der Waals surface area contributed by atoms with Gasteiger partial charge in [-0.15, -0.1) is 0 Å². The Hall–Kier alpha value is -2.46. The number of aromatic nitrogens is 3. The van der Waals surface area contributed by atoms with Gasteiger partial charge in [0.1, 0.15) is 17.4 Å². The zero-order valence-electron chi connectivity index (χ0n) is 15.0. The molecule has 1 aromatic carbocycles. The maximum Gasteiger partial charge on any atom is 0.265 e. The average Bonchev–Trinajstić information content (AvgIpc) is 2.92. The number of nitrogens with one attached hydrogen (secondary N) is 2. The average molecular weight is 379 g/mol. The fraction of sp³-hybridized carbons (Fsp3) is 0.438. The molecule has 0 aliphatic carbocycles. The van der Waals surface area contributed by atoms with Crippen molar-refractivity contribution in [1.29, 1.82) is 0 Å². The van der Waals surface area contributed by atoms with Crippen molar-refractivity contribution in [1.82, 2.24) is 19.5 Å². The predicted molar refractivity (Wildman–Crippen MR) is 94.6 cm³/mol. The number of carbonyl (C=O) groups is 1. The van der Waals surface area contributed by atoms with E-state index in [1.54, 1.807) is 18.5 Å². The minimum atomic E-state index is -3.75. The molecule has 9 nitrogen and oxygen atoms in total. The second-order valence-electron chi connectivity index (χ2n) is 6.26. The first-order valence-corrected chi connectivity index (χ1v) is 9.66. The summed E-state index contributed by atoms with van der Waals surface area (Å²) in [5.74, 6) is 1.48. The molecule has 0 saturated carbocycles. The summed E-state index contributed by atoms with van der Waals surface area (Å²) in [6.07, 6.45) is -0.613. The number of nitrogens with zero attached hydrogens (tertiary/aromatic N) is 3. The van der Waals surface area contributed by atoms with Gasteiger partial charge in [-0.2, -0.15) is 5.10 Å². The molecular weight excluding hydrogens is 358 g/mol. The topological polar surface area (TPSA) is 115 Å². The number of carbonyl (C=O) groups excluding carboxylic acids is 1. The third-order valence-electron chi connectivity index (χ3n) is 4.09. The van der Waals surface area contributed by atoms with Crippen LogP contribution in [0.3, 0.4) is 0 Å². The lowest BCUT2D eigenvalue weighted by atomic mass is 10.2. The minimum Gasteiger partial charge on any atom is -0.479 e. The normalized spacial score (nSPS) is 18.0. The largest absolute Gasteiger partial charge is 0.479 e. The van der Waals surface area contributed by atoms with Gasteiger partial charge >= 0.3 is 0 Å². The Bertz CT molecular complexity index is 954. The van der Waals surface area contributed by atoms with Crippen molar-refractivity contribution < 1.29 is 17.9 Å². The molecule has 1 aliphatic heterocycles. The van der Waals surface area contributed by atoms with Crippen molar-refractivity contribution in [3.8, 4) is 5.75 Å². The number of benzene rings is 1. The van der Waals surface area contributed by atoms with Gasteiger partial charge in [-0.25, -0.2) is 22.8 Å². The fourth-order valence-electron chi connectivity index (χ4n) is 2.71. The molecule has 2 N–H and O–H groups in total. The third-order valence-corrected chi connectivity index (χ3v) is 5.51. The van der Waals surface area contributed by atoms with Crippen LogP contribution < -0.4 is 14.8 Å². The van der Waals surface area contributed by atoms with E-state index in [9.17, 15) is 13.2 Å². The second kappa shape index (κ2) is 6.69. The van der Waals surface area contributed by atoms with Crippen LogP contribution in [0.2, 0.25) is 0 Å². The molecule has 2 heterocycles. The molecular formula is C16H21N5O4S. The SMILES string of the molecule is Cc1nc(C)n([C@@H](C)CNS(=O)(=O)c2ccc3c(c2)NC(=O)[C@@H](C)O3)n1. The summed E-state index contributed by atoms with van der Waals surface area (Å²) in [5.41, 5.74) is 0.340. The lowest BCUT2D eigenvalue weighted by molar-refractivity contribution is -0.122. The first kappa shape index (κ1) is 18.3. The van der Waals surface area contributed by atoms with Gasteiger partial charge in [0, 0.05) is 6.54 Å². The van der Waals surface area contributed by atoms with Gasteiger partial charge in [0.25, 0.3) is 5.91 Å². The van der Waals surface area contributed by atoms with Crippen LogP contribution in [0.25, 0.3) is 0 Å². The first-order valence-electron chi connectivity index (χ1n) is 8.18. The Morgan fingerprint density at radius 2 is 2.12 bits per heavy atom. The van der Waals surface area contributed by atoms with Crippen LogP contribution in [-0.2, 0) is 14.8 Å². The summed E-state index contributed by atoms with van der Waals surface area (Å²) >= 11 is 0. The molecule has 2 aromatic rings. The molecule has 0 saturated heterocycles. The van der Waals surface area contributed by atoms with Crippen molar-refractivity contribution >= 4 is 21.6 Å². The van der Waals surface area contributed by atoms with E-state index in [1.165, 1.54) is 18.2 Å². The number of sulfonamides is 1. The zero-order chi connectivity index (χ0) is 19.1. The molecule has 0 fully saturated rings. The van der Waals surface area contributed by atoms with E-state index in [0.717, 1.165) is 5.82 Å². The molecule has 1 amide bonds. The van der Waals surface area contributed by atoms with Crippen LogP contribution in [0, 0.1) is 13.8 Å². The highest BCUT2D eigenvalue weighted by Gasteiger charge is 2.26. The number of ether oxygens (including phenoxy) is 1. The van der Waals surface area contributed by atoms with Gasteiger partial charge in [-0.1, -0.05) is 0 Å². The summed E-state index contributed by atoms with van der Waals surface area (Å²) < 4.78 is 34.8. The van der Waals surface area contributed by atoms with Crippen LogP contribution >= 0.6 is 0 Å². The number of fused-ring (bicyclic) bond motifs is 1. The molecule has 140 valence electrons. The van der Waals surface area contributed by atoms with Crippen molar-refractivity contribution in [3.63, 3.8) is 0 Å². The summed E-state index contributed by atoms with van der Waals surface area (Å²) in [6.45, 7) is 7.23. The Balaban J connectivity index is 1.75. The molecule has 0 radical (unpaired) electrons. The second-order valence-corrected chi connectivity index (χ2v) is 8.03. The highest BCUT2D eigenvalue weighted by Crippen LogP contribution is 2.31. The number of hydrogen-bond acceptors (Lipinski definition) is 6. The van der Waals surface area contributed by atoms with Crippen LogP contribution in [0.4, 0.5) is 5.69 Å². The molecule has 2 atom stereocenters. The van der Waals surface area contributed by atoms with E-state index >= 15 is 0 Å². The first-order chi connectivity index (χ1) is 12.2. The maximum atomic E-state index is 12.6. The lowest BCUT2D eigenvalue weighted by Gasteiger charge is -2.23. The molecule has 0 unspecified atom stereocenters.